The predicted octanol–water partition coefficient (Wildman–Crippen LogP) is 3.22. The molecule has 0 unspecified atom stereocenters. The monoisotopic (exact) mass is 374 g/mol. The normalized spacial score (nSPS) is 18.4. The van der Waals surface area contributed by atoms with Crippen molar-refractivity contribution in [2.75, 3.05) is 13.7 Å². The van der Waals surface area contributed by atoms with Crippen molar-refractivity contribution in [3.8, 4) is 0 Å². The fourth-order valence-corrected chi connectivity index (χ4v) is 2.97. The maximum absolute atomic E-state index is 12.8. The van der Waals surface area contributed by atoms with Gasteiger partial charge in [0.15, 0.2) is 5.69 Å². The number of carbonyl (C=O) groups excluding carboxylic acids is 2. The molecule has 1 amide bonds. The summed E-state index contributed by atoms with van der Waals surface area (Å²) in [5, 5.41) is 0. The molecule has 2 heterocycles. The van der Waals surface area contributed by atoms with Crippen LogP contribution in [0.3, 0.4) is 0 Å². The molecule has 0 saturated carbocycles. The van der Waals surface area contributed by atoms with Crippen LogP contribution in [0.5, 0.6) is 0 Å². The summed E-state index contributed by atoms with van der Waals surface area (Å²) >= 11 is 0. The van der Waals surface area contributed by atoms with Gasteiger partial charge in [-0.2, -0.15) is 0 Å². The second-order valence-electron chi connectivity index (χ2n) is 6.63. The maximum atomic E-state index is 12.8. The third kappa shape index (κ3) is 3.80. The molecule has 1 saturated heterocycles. The van der Waals surface area contributed by atoms with Crippen LogP contribution in [0.2, 0.25) is 0 Å². The number of hydrogen-bond acceptors (Lipinski definition) is 7. The first-order valence-electron chi connectivity index (χ1n) is 8.53. The van der Waals surface area contributed by atoms with Crippen molar-refractivity contribution in [2.45, 2.75) is 39.1 Å². The summed E-state index contributed by atoms with van der Waals surface area (Å²) in [7, 11) is 1.27. The van der Waals surface area contributed by atoms with Gasteiger partial charge >= 0.3 is 12.1 Å². The number of nitrogens with zero attached hydrogens (tertiary/aromatic N) is 2. The van der Waals surface area contributed by atoms with Gasteiger partial charge in [0, 0.05) is 0 Å². The van der Waals surface area contributed by atoms with E-state index in [0.29, 0.717) is 5.76 Å². The Kier molecular flexibility index (Phi) is 5.18. The van der Waals surface area contributed by atoms with Gasteiger partial charge in [-0.15, -0.1) is 0 Å². The second kappa shape index (κ2) is 7.40. The summed E-state index contributed by atoms with van der Waals surface area (Å²) in [4.78, 5) is 30.2. The SMILES string of the molecule is COC(=O)c1nc([C@@H]2COC(C)(C)N2C(=O)OCc2ccccc2)oc1C. The van der Waals surface area contributed by atoms with E-state index in [1.807, 2.05) is 30.3 Å². The third-order valence-electron chi connectivity index (χ3n) is 4.37. The highest BCUT2D eigenvalue weighted by Gasteiger charge is 2.48. The summed E-state index contributed by atoms with van der Waals surface area (Å²) in [6.07, 6.45) is -0.554. The molecule has 0 aliphatic carbocycles. The number of benzene rings is 1. The quantitative estimate of drug-likeness (QED) is 0.759. The van der Waals surface area contributed by atoms with E-state index in [1.165, 1.54) is 12.0 Å². The molecular formula is C19H22N2O6. The molecule has 2 aromatic rings. The van der Waals surface area contributed by atoms with Gasteiger partial charge in [0.1, 0.15) is 24.1 Å². The van der Waals surface area contributed by atoms with Gasteiger partial charge in [-0.05, 0) is 26.3 Å². The fraction of sp³-hybridized carbons (Fsp3) is 0.421. The molecule has 1 aliphatic heterocycles. The number of amides is 1. The van der Waals surface area contributed by atoms with Crippen LogP contribution in [-0.4, -0.2) is 41.4 Å². The number of hydrogen-bond donors (Lipinski definition) is 0. The van der Waals surface area contributed by atoms with Crippen LogP contribution in [0.25, 0.3) is 0 Å². The largest absolute Gasteiger partial charge is 0.464 e. The molecule has 0 spiro atoms. The Morgan fingerprint density at radius 2 is 2.00 bits per heavy atom. The molecule has 3 rings (SSSR count). The highest BCUT2D eigenvalue weighted by Crippen LogP contribution is 2.37. The first-order chi connectivity index (χ1) is 12.8. The van der Waals surface area contributed by atoms with E-state index in [9.17, 15) is 9.59 Å². The Bertz CT molecular complexity index is 830. The van der Waals surface area contributed by atoms with Crippen molar-refractivity contribution >= 4 is 12.1 Å². The van der Waals surface area contributed by atoms with Crippen molar-refractivity contribution in [3.63, 3.8) is 0 Å². The van der Waals surface area contributed by atoms with Crippen molar-refractivity contribution in [1.82, 2.24) is 9.88 Å². The summed E-state index contributed by atoms with van der Waals surface area (Å²) in [6.45, 7) is 5.44. The van der Waals surface area contributed by atoms with Gasteiger partial charge in [0.2, 0.25) is 5.89 Å². The molecule has 1 atom stereocenters. The smallest absolute Gasteiger partial charge is 0.413 e. The number of rotatable bonds is 4. The van der Waals surface area contributed by atoms with E-state index in [4.69, 9.17) is 18.6 Å². The van der Waals surface area contributed by atoms with Crippen molar-refractivity contribution in [1.29, 1.82) is 0 Å². The zero-order valence-corrected chi connectivity index (χ0v) is 15.7. The number of ether oxygens (including phenoxy) is 3. The average Bonchev–Trinajstić information content (AvgIpc) is 3.19. The van der Waals surface area contributed by atoms with Crippen LogP contribution < -0.4 is 0 Å². The van der Waals surface area contributed by atoms with E-state index in [-0.39, 0.29) is 24.8 Å². The Balaban J connectivity index is 1.81. The number of aryl methyl sites for hydroxylation is 1. The van der Waals surface area contributed by atoms with Crippen molar-refractivity contribution in [2.24, 2.45) is 0 Å². The number of carbonyl (C=O) groups is 2. The second-order valence-corrected chi connectivity index (χ2v) is 6.63. The van der Waals surface area contributed by atoms with Crippen LogP contribution >= 0.6 is 0 Å². The Labute approximate surface area is 157 Å². The first kappa shape index (κ1) is 18.9. The lowest BCUT2D eigenvalue weighted by molar-refractivity contribution is -0.0500. The molecule has 1 aromatic heterocycles. The molecule has 1 aliphatic rings. The van der Waals surface area contributed by atoms with Crippen LogP contribution in [-0.2, 0) is 20.8 Å². The van der Waals surface area contributed by atoms with Crippen molar-refractivity contribution in [3.05, 3.63) is 53.2 Å². The number of methoxy groups -OCH3 is 1. The molecule has 8 nitrogen and oxygen atoms in total. The standard InChI is InChI=1S/C19H22N2O6/c1-12-15(17(22)24-4)20-16(27-12)14-11-26-19(2,3)21(14)18(23)25-10-13-8-6-5-7-9-13/h5-9,14H,10-11H2,1-4H3/t14-/m0/s1. The summed E-state index contributed by atoms with van der Waals surface area (Å²) in [6, 6.07) is 8.77. The van der Waals surface area contributed by atoms with E-state index in [1.54, 1.807) is 20.8 Å². The van der Waals surface area contributed by atoms with Crippen LogP contribution in [0.15, 0.2) is 34.7 Å². The predicted molar refractivity (Wildman–Crippen MR) is 93.8 cm³/mol. The zero-order chi connectivity index (χ0) is 19.6. The zero-order valence-electron chi connectivity index (χ0n) is 15.7. The Morgan fingerprint density at radius 3 is 2.67 bits per heavy atom. The van der Waals surface area contributed by atoms with Gasteiger partial charge in [-0.3, -0.25) is 4.90 Å². The Morgan fingerprint density at radius 1 is 1.30 bits per heavy atom. The van der Waals surface area contributed by atoms with E-state index in [0.717, 1.165) is 5.56 Å². The molecule has 0 N–H and O–H groups in total. The lowest BCUT2D eigenvalue weighted by atomic mass is 10.2. The van der Waals surface area contributed by atoms with Gasteiger partial charge in [0.25, 0.3) is 0 Å². The number of esters is 1. The summed E-state index contributed by atoms with van der Waals surface area (Å²) in [5.74, 6) is -0.0758. The molecule has 1 aromatic carbocycles. The lowest BCUT2D eigenvalue weighted by Gasteiger charge is -2.31. The van der Waals surface area contributed by atoms with Crippen LogP contribution in [0.1, 0.15) is 47.6 Å². The molecule has 8 heteroatoms. The van der Waals surface area contributed by atoms with Gasteiger partial charge < -0.3 is 18.6 Å². The third-order valence-corrected chi connectivity index (χ3v) is 4.37. The van der Waals surface area contributed by atoms with Crippen LogP contribution in [0.4, 0.5) is 4.79 Å². The topological polar surface area (TPSA) is 91.1 Å². The molecule has 27 heavy (non-hydrogen) atoms. The minimum absolute atomic E-state index is 0.0785. The van der Waals surface area contributed by atoms with Gasteiger partial charge in [-0.1, -0.05) is 30.3 Å². The minimum Gasteiger partial charge on any atom is -0.464 e. The minimum atomic E-state index is -0.910. The highest BCUT2D eigenvalue weighted by molar-refractivity contribution is 5.88. The van der Waals surface area contributed by atoms with Gasteiger partial charge in [-0.25, -0.2) is 14.6 Å². The van der Waals surface area contributed by atoms with Crippen molar-refractivity contribution < 1.29 is 28.2 Å². The van der Waals surface area contributed by atoms with E-state index in [2.05, 4.69) is 4.98 Å². The molecule has 1 fully saturated rings. The molecule has 0 radical (unpaired) electrons. The number of aromatic nitrogens is 1. The highest BCUT2D eigenvalue weighted by atomic mass is 16.6. The number of oxazole rings is 1. The van der Waals surface area contributed by atoms with E-state index < -0.39 is 23.8 Å². The first-order valence-corrected chi connectivity index (χ1v) is 8.53. The molecule has 144 valence electrons. The van der Waals surface area contributed by atoms with Gasteiger partial charge in [0.05, 0.1) is 13.7 Å². The maximum Gasteiger partial charge on any atom is 0.413 e. The lowest BCUT2D eigenvalue weighted by Crippen LogP contribution is -2.45. The summed E-state index contributed by atoms with van der Waals surface area (Å²) < 4.78 is 21.5. The fourth-order valence-electron chi connectivity index (χ4n) is 2.97. The molecular weight excluding hydrogens is 352 g/mol. The van der Waals surface area contributed by atoms with E-state index >= 15 is 0 Å². The Hall–Kier alpha value is -2.87. The average molecular weight is 374 g/mol. The molecule has 0 bridgehead atoms. The summed E-state index contributed by atoms with van der Waals surface area (Å²) in [5.41, 5.74) is 0.0433. The van der Waals surface area contributed by atoms with Crippen LogP contribution in [0, 0.1) is 6.92 Å².